The SMILES string of the molecule is C=CCOc1ccc(-c2nn(-c3ccccc3)cc2[C@@H]2NC(=O)NC(C)=C2C(=O)OC(C)C)cc1. The monoisotopic (exact) mass is 472 g/mol. The van der Waals surface area contributed by atoms with Crippen molar-refractivity contribution in [3.8, 4) is 22.7 Å². The molecule has 180 valence electrons. The second kappa shape index (κ2) is 10.3. The maximum Gasteiger partial charge on any atom is 0.338 e. The number of rotatable bonds is 8. The molecular formula is C27H28N4O4. The van der Waals surface area contributed by atoms with Gasteiger partial charge in [0.15, 0.2) is 0 Å². The second-order valence-electron chi connectivity index (χ2n) is 8.36. The minimum absolute atomic E-state index is 0.310. The Morgan fingerprint density at radius 3 is 2.54 bits per heavy atom. The van der Waals surface area contributed by atoms with Crippen molar-refractivity contribution < 1.29 is 19.1 Å². The van der Waals surface area contributed by atoms with Gasteiger partial charge in [0, 0.05) is 23.0 Å². The predicted molar refractivity (Wildman–Crippen MR) is 133 cm³/mol. The number of nitrogens with zero attached hydrogens (tertiary/aromatic N) is 2. The highest BCUT2D eigenvalue weighted by Gasteiger charge is 2.35. The van der Waals surface area contributed by atoms with E-state index in [4.69, 9.17) is 14.6 Å². The van der Waals surface area contributed by atoms with Crippen LogP contribution in [0.2, 0.25) is 0 Å². The molecule has 0 fully saturated rings. The molecule has 1 aromatic heterocycles. The molecule has 2 amide bonds. The molecule has 35 heavy (non-hydrogen) atoms. The summed E-state index contributed by atoms with van der Waals surface area (Å²) in [6.45, 7) is 9.33. The van der Waals surface area contributed by atoms with Gasteiger partial charge in [-0.15, -0.1) is 0 Å². The van der Waals surface area contributed by atoms with Crippen LogP contribution in [0, 0.1) is 0 Å². The van der Waals surface area contributed by atoms with Crippen molar-refractivity contribution in [1.82, 2.24) is 20.4 Å². The average molecular weight is 473 g/mol. The van der Waals surface area contributed by atoms with E-state index in [0.717, 1.165) is 11.3 Å². The summed E-state index contributed by atoms with van der Waals surface area (Å²) in [6.07, 6.45) is 3.20. The van der Waals surface area contributed by atoms with Crippen molar-refractivity contribution in [3.63, 3.8) is 0 Å². The van der Waals surface area contributed by atoms with Crippen LogP contribution in [0.15, 0.2) is 84.7 Å². The Hall–Kier alpha value is -4.33. The summed E-state index contributed by atoms with van der Waals surface area (Å²) in [4.78, 5) is 25.5. The molecule has 0 saturated heterocycles. The van der Waals surface area contributed by atoms with Crippen molar-refractivity contribution in [2.75, 3.05) is 6.61 Å². The molecular weight excluding hydrogens is 444 g/mol. The first kappa shape index (κ1) is 23.8. The maximum atomic E-state index is 13.1. The quantitative estimate of drug-likeness (QED) is 0.367. The van der Waals surface area contributed by atoms with Gasteiger partial charge in [0.05, 0.1) is 29.1 Å². The highest BCUT2D eigenvalue weighted by molar-refractivity contribution is 5.95. The van der Waals surface area contributed by atoms with Crippen LogP contribution in [0.3, 0.4) is 0 Å². The second-order valence-corrected chi connectivity index (χ2v) is 8.36. The lowest BCUT2D eigenvalue weighted by molar-refractivity contribution is -0.143. The Labute approximate surface area is 204 Å². The van der Waals surface area contributed by atoms with Crippen molar-refractivity contribution in [2.45, 2.75) is 32.9 Å². The van der Waals surface area contributed by atoms with Crippen LogP contribution in [0.25, 0.3) is 16.9 Å². The van der Waals surface area contributed by atoms with Gasteiger partial charge in [0.2, 0.25) is 0 Å². The summed E-state index contributed by atoms with van der Waals surface area (Å²) in [7, 11) is 0. The topological polar surface area (TPSA) is 94.5 Å². The maximum absolute atomic E-state index is 13.1. The molecule has 1 aliphatic rings. The standard InChI is InChI=1S/C27H28N4O4/c1-5-15-34-21-13-11-19(12-14-21)24-22(16-31(30-24)20-9-7-6-8-10-20)25-23(26(32)35-17(2)3)18(4)28-27(33)29-25/h5-14,16-17,25H,1,15H2,2-4H3,(H2,28,29,33)/t25-/m0/s1. The number of hydrogen-bond donors (Lipinski definition) is 2. The molecule has 0 saturated carbocycles. The first-order valence-electron chi connectivity index (χ1n) is 11.4. The number of urea groups is 1. The summed E-state index contributed by atoms with van der Waals surface area (Å²) in [6, 6.07) is 16.0. The van der Waals surface area contributed by atoms with Crippen LogP contribution in [-0.4, -0.2) is 34.5 Å². The molecule has 2 aromatic carbocycles. The van der Waals surface area contributed by atoms with Gasteiger partial charge in [-0.25, -0.2) is 14.3 Å². The summed E-state index contributed by atoms with van der Waals surface area (Å²) in [5.74, 6) is 0.200. The van der Waals surface area contributed by atoms with E-state index in [1.165, 1.54) is 0 Å². The van der Waals surface area contributed by atoms with Crippen LogP contribution in [0.5, 0.6) is 5.75 Å². The van der Waals surface area contributed by atoms with Gasteiger partial charge in [-0.3, -0.25) is 0 Å². The van der Waals surface area contributed by atoms with Gasteiger partial charge in [0.25, 0.3) is 0 Å². The third kappa shape index (κ3) is 5.27. The fourth-order valence-corrected chi connectivity index (χ4v) is 3.88. The zero-order valence-corrected chi connectivity index (χ0v) is 19.9. The number of hydrogen-bond acceptors (Lipinski definition) is 5. The molecule has 0 radical (unpaired) electrons. The van der Waals surface area contributed by atoms with E-state index < -0.39 is 18.0 Å². The third-order valence-corrected chi connectivity index (χ3v) is 5.40. The van der Waals surface area contributed by atoms with E-state index in [2.05, 4.69) is 17.2 Å². The Morgan fingerprint density at radius 2 is 1.89 bits per heavy atom. The number of esters is 1. The lowest BCUT2D eigenvalue weighted by atomic mass is 9.93. The fourth-order valence-electron chi connectivity index (χ4n) is 3.88. The minimum Gasteiger partial charge on any atom is -0.490 e. The van der Waals surface area contributed by atoms with E-state index in [0.29, 0.717) is 34.9 Å². The lowest BCUT2D eigenvalue weighted by Crippen LogP contribution is -2.45. The van der Waals surface area contributed by atoms with E-state index >= 15 is 0 Å². The Morgan fingerprint density at radius 1 is 1.17 bits per heavy atom. The van der Waals surface area contributed by atoms with Crippen LogP contribution < -0.4 is 15.4 Å². The number of aromatic nitrogens is 2. The molecule has 1 aliphatic heterocycles. The van der Waals surface area contributed by atoms with Gasteiger partial charge in [-0.05, 0) is 57.2 Å². The minimum atomic E-state index is -0.751. The Balaban J connectivity index is 1.84. The van der Waals surface area contributed by atoms with Crippen LogP contribution in [0.1, 0.15) is 32.4 Å². The number of benzene rings is 2. The van der Waals surface area contributed by atoms with Gasteiger partial charge >= 0.3 is 12.0 Å². The van der Waals surface area contributed by atoms with Gasteiger partial charge < -0.3 is 20.1 Å². The van der Waals surface area contributed by atoms with Gasteiger partial charge in [0.1, 0.15) is 12.4 Å². The van der Waals surface area contributed by atoms with E-state index in [1.54, 1.807) is 31.5 Å². The number of nitrogens with one attached hydrogen (secondary N) is 2. The van der Waals surface area contributed by atoms with E-state index in [-0.39, 0.29) is 6.10 Å². The Bertz CT molecular complexity index is 1260. The fraction of sp³-hybridized carbons (Fsp3) is 0.222. The van der Waals surface area contributed by atoms with Gasteiger partial charge in [-0.2, -0.15) is 5.10 Å². The average Bonchev–Trinajstić information content (AvgIpc) is 3.28. The highest BCUT2D eigenvalue weighted by Crippen LogP contribution is 2.35. The lowest BCUT2D eigenvalue weighted by Gasteiger charge is -2.28. The summed E-state index contributed by atoms with van der Waals surface area (Å²) < 4.78 is 12.8. The highest BCUT2D eigenvalue weighted by atomic mass is 16.5. The summed E-state index contributed by atoms with van der Waals surface area (Å²) in [5.41, 5.74) is 3.72. The third-order valence-electron chi connectivity index (χ3n) is 5.40. The number of carbonyl (C=O) groups excluding carboxylic acids is 2. The zero-order valence-electron chi connectivity index (χ0n) is 19.9. The Kier molecular flexibility index (Phi) is 7.01. The number of amides is 2. The van der Waals surface area contributed by atoms with Crippen LogP contribution in [0.4, 0.5) is 4.79 Å². The molecule has 1 atom stereocenters. The predicted octanol–water partition coefficient (Wildman–Crippen LogP) is 4.68. The molecule has 3 aromatic rings. The molecule has 0 aliphatic carbocycles. The van der Waals surface area contributed by atoms with Crippen molar-refractivity contribution in [1.29, 1.82) is 0 Å². The number of allylic oxidation sites excluding steroid dienone is 1. The largest absolute Gasteiger partial charge is 0.490 e. The summed E-state index contributed by atoms with van der Waals surface area (Å²) >= 11 is 0. The smallest absolute Gasteiger partial charge is 0.338 e. The summed E-state index contributed by atoms with van der Waals surface area (Å²) in [5, 5.41) is 10.4. The van der Waals surface area contributed by atoms with Gasteiger partial charge in [-0.1, -0.05) is 30.9 Å². The van der Waals surface area contributed by atoms with Crippen molar-refractivity contribution in [3.05, 3.63) is 90.3 Å². The van der Waals surface area contributed by atoms with E-state index in [9.17, 15) is 9.59 Å². The number of para-hydroxylation sites is 1. The molecule has 4 rings (SSSR count). The van der Waals surface area contributed by atoms with Crippen molar-refractivity contribution >= 4 is 12.0 Å². The molecule has 8 nitrogen and oxygen atoms in total. The molecule has 0 unspecified atom stereocenters. The molecule has 0 bridgehead atoms. The first-order chi connectivity index (χ1) is 16.9. The zero-order chi connectivity index (χ0) is 24.9. The number of ether oxygens (including phenoxy) is 2. The van der Waals surface area contributed by atoms with E-state index in [1.807, 2.05) is 60.8 Å². The number of carbonyl (C=O) groups is 2. The molecule has 8 heteroatoms. The van der Waals surface area contributed by atoms with Crippen LogP contribution >= 0.6 is 0 Å². The molecule has 2 N–H and O–H groups in total. The first-order valence-corrected chi connectivity index (χ1v) is 11.4. The normalized spacial score (nSPS) is 15.4. The van der Waals surface area contributed by atoms with Crippen molar-refractivity contribution in [2.24, 2.45) is 0 Å². The van der Waals surface area contributed by atoms with Crippen LogP contribution in [-0.2, 0) is 9.53 Å². The molecule has 2 heterocycles. The molecule has 0 spiro atoms.